The summed E-state index contributed by atoms with van der Waals surface area (Å²) in [4.78, 5) is 4.40. The zero-order chi connectivity index (χ0) is 13.7. The molecule has 1 aromatic heterocycles. The summed E-state index contributed by atoms with van der Waals surface area (Å²) in [5.74, 6) is 5.78. The van der Waals surface area contributed by atoms with Crippen molar-refractivity contribution in [1.82, 2.24) is 4.98 Å². The number of pyridine rings is 1. The van der Waals surface area contributed by atoms with Crippen molar-refractivity contribution in [2.24, 2.45) is 29.6 Å². The maximum absolute atomic E-state index is 5.85. The minimum atomic E-state index is 0.513. The van der Waals surface area contributed by atoms with Gasteiger partial charge in [0, 0.05) is 24.0 Å². The first-order chi connectivity index (χ1) is 9.69. The molecule has 0 radical (unpaired) electrons. The van der Waals surface area contributed by atoms with Gasteiger partial charge in [-0.3, -0.25) is 0 Å². The first-order valence-electron chi connectivity index (χ1n) is 8.17. The zero-order valence-corrected chi connectivity index (χ0v) is 12.3. The van der Waals surface area contributed by atoms with Crippen molar-refractivity contribution in [3.8, 4) is 0 Å². The Balaban J connectivity index is 1.50. The molecule has 0 aliphatic heterocycles. The average Bonchev–Trinajstić information content (AvgIpc) is 2.37. The van der Waals surface area contributed by atoms with Crippen LogP contribution in [-0.2, 0) is 0 Å². The molecule has 1 heterocycles. The number of aromatic nitrogens is 1. The lowest BCUT2D eigenvalue weighted by Gasteiger charge is -2.56. The van der Waals surface area contributed by atoms with Crippen molar-refractivity contribution >= 4 is 11.5 Å². The fourth-order valence-electron chi connectivity index (χ4n) is 5.64. The Labute approximate surface area is 121 Å². The summed E-state index contributed by atoms with van der Waals surface area (Å²) in [6.07, 6.45) is 9.24. The van der Waals surface area contributed by atoms with Crippen LogP contribution >= 0.6 is 0 Å². The lowest BCUT2D eigenvalue weighted by atomic mass is 9.50. The van der Waals surface area contributed by atoms with Crippen molar-refractivity contribution in [2.75, 3.05) is 11.1 Å². The number of hydrogen-bond acceptors (Lipinski definition) is 3. The molecule has 3 nitrogen and oxygen atoms in total. The lowest BCUT2D eigenvalue weighted by molar-refractivity contribution is -0.0417. The highest BCUT2D eigenvalue weighted by molar-refractivity contribution is 5.48. The maximum atomic E-state index is 5.85. The molecule has 0 saturated heterocycles. The molecular weight excluding hydrogens is 246 g/mol. The van der Waals surface area contributed by atoms with Gasteiger partial charge in [-0.2, -0.15) is 0 Å². The van der Waals surface area contributed by atoms with Crippen LogP contribution in [-0.4, -0.2) is 11.0 Å². The summed E-state index contributed by atoms with van der Waals surface area (Å²) in [6, 6.07) is 4.31. The number of hydrogen-bond donors (Lipinski definition) is 2. The van der Waals surface area contributed by atoms with Crippen molar-refractivity contribution in [1.29, 1.82) is 0 Å². The normalized spacial score (nSPS) is 39.8. The Morgan fingerprint density at radius 1 is 1.15 bits per heavy atom. The van der Waals surface area contributed by atoms with E-state index in [1.807, 2.05) is 12.1 Å². The van der Waals surface area contributed by atoms with E-state index in [-0.39, 0.29) is 0 Å². The first-order valence-corrected chi connectivity index (χ1v) is 8.17. The van der Waals surface area contributed by atoms with E-state index in [2.05, 4.69) is 17.2 Å². The molecule has 1 aromatic rings. The summed E-state index contributed by atoms with van der Waals surface area (Å²) >= 11 is 0. The molecule has 4 saturated carbocycles. The third-order valence-corrected chi connectivity index (χ3v) is 6.04. The van der Waals surface area contributed by atoms with Crippen LogP contribution in [0.15, 0.2) is 18.3 Å². The van der Waals surface area contributed by atoms with Gasteiger partial charge in [0.2, 0.25) is 0 Å². The highest BCUT2D eigenvalue weighted by atomic mass is 15.0. The molecule has 108 valence electrons. The van der Waals surface area contributed by atoms with Gasteiger partial charge in [0.15, 0.2) is 0 Å². The molecule has 0 amide bonds. The second-order valence-corrected chi connectivity index (χ2v) is 7.42. The van der Waals surface area contributed by atoms with Crippen molar-refractivity contribution in [2.45, 2.75) is 45.1 Å². The van der Waals surface area contributed by atoms with E-state index in [4.69, 9.17) is 5.73 Å². The molecule has 3 N–H and O–H groups in total. The summed E-state index contributed by atoms with van der Waals surface area (Å²) in [5, 5.41) is 3.62. The predicted molar refractivity (Wildman–Crippen MR) is 82.3 cm³/mol. The average molecular weight is 271 g/mol. The monoisotopic (exact) mass is 271 g/mol. The number of rotatable bonds is 3. The Hall–Kier alpha value is -1.25. The van der Waals surface area contributed by atoms with Crippen LogP contribution in [0.5, 0.6) is 0 Å². The third-order valence-electron chi connectivity index (χ3n) is 6.04. The topological polar surface area (TPSA) is 50.9 Å². The lowest BCUT2D eigenvalue weighted by Crippen LogP contribution is -2.50. The number of nitrogens with two attached hydrogens (primary N) is 1. The zero-order valence-electron chi connectivity index (χ0n) is 12.3. The standard InChI is InChI=1S/C17H25N3/c1-10(20-16-9-15(18)2-3-19-16)17-13-5-11-4-12(7-13)8-14(17)6-11/h2-3,9-14,17H,4-8H2,1H3,(H3,18,19,20). The molecule has 0 aromatic carbocycles. The van der Waals surface area contributed by atoms with Crippen LogP contribution in [0.3, 0.4) is 0 Å². The quantitative estimate of drug-likeness (QED) is 0.884. The van der Waals surface area contributed by atoms with Gasteiger partial charge >= 0.3 is 0 Å². The Morgan fingerprint density at radius 2 is 1.80 bits per heavy atom. The smallest absolute Gasteiger partial charge is 0.128 e. The van der Waals surface area contributed by atoms with Crippen molar-refractivity contribution in [3.05, 3.63) is 18.3 Å². The van der Waals surface area contributed by atoms with Crippen LogP contribution in [0.1, 0.15) is 39.0 Å². The van der Waals surface area contributed by atoms with E-state index in [1.54, 1.807) is 6.20 Å². The summed E-state index contributed by atoms with van der Waals surface area (Å²) in [7, 11) is 0. The molecule has 4 aliphatic rings. The van der Waals surface area contributed by atoms with Gasteiger partial charge in [-0.1, -0.05) is 0 Å². The molecule has 5 rings (SSSR count). The molecule has 3 heteroatoms. The number of anilines is 2. The summed E-state index contributed by atoms with van der Waals surface area (Å²) in [5.41, 5.74) is 6.64. The van der Waals surface area contributed by atoms with Crippen LogP contribution in [0.4, 0.5) is 11.5 Å². The van der Waals surface area contributed by atoms with Gasteiger partial charge in [0.25, 0.3) is 0 Å². The van der Waals surface area contributed by atoms with Gasteiger partial charge in [-0.15, -0.1) is 0 Å². The van der Waals surface area contributed by atoms with Gasteiger partial charge < -0.3 is 11.1 Å². The molecule has 1 unspecified atom stereocenters. The third kappa shape index (κ3) is 2.07. The largest absolute Gasteiger partial charge is 0.399 e. The SMILES string of the molecule is CC(Nc1cc(N)ccn1)C1C2CC3CC(C2)CC1C3. The number of nitrogen functional groups attached to an aromatic ring is 1. The molecule has 20 heavy (non-hydrogen) atoms. The van der Waals surface area contributed by atoms with Gasteiger partial charge in [0.05, 0.1) is 0 Å². The van der Waals surface area contributed by atoms with Crippen LogP contribution < -0.4 is 11.1 Å². The maximum Gasteiger partial charge on any atom is 0.128 e. The van der Waals surface area contributed by atoms with E-state index in [0.29, 0.717) is 6.04 Å². The predicted octanol–water partition coefficient (Wildman–Crippen LogP) is 3.54. The Bertz CT molecular complexity index is 471. The molecule has 1 atom stereocenters. The first kappa shape index (κ1) is 12.5. The second kappa shape index (κ2) is 4.64. The Morgan fingerprint density at radius 3 is 2.40 bits per heavy atom. The van der Waals surface area contributed by atoms with Crippen LogP contribution in [0.2, 0.25) is 0 Å². The van der Waals surface area contributed by atoms with E-state index < -0.39 is 0 Å². The minimum absolute atomic E-state index is 0.513. The van der Waals surface area contributed by atoms with Crippen molar-refractivity contribution in [3.63, 3.8) is 0 Å². The number of nitrogens with one attached hydrogen (secondary N) is 1. The van der Waals surface area contributed by atoms with Gasteiger partial charge in [-0.05, 0) is 74.7 Å². The van der Waals surface area contributed by atoms with Crippen LogP contribution in [0, 0.1) is 29.6 Å². The van der Waals surface area contributed by atoms with Gasteiger partial charge in [-0.25, -0.2) is 4.98 Å². The Kier molecular flexibility index (Phi) is 2.90. The van der Waals surface area contributed by atoms with E-state index in [0.717, 1.165) is 41.1 Å². The molecule has 4 fully saturated rings. The van der Waals surface area contributed by atoms with Gasteiger partial charge in [0.1, 0.15) is 5.82 Å². The van der Waals surface area contributed by atoms with Crippen LogP contribution in [0.25, 0.3) is 0 Å². The molecular formula is C17H25N3. The molecule has 4 aliphatic carbocycles. The van der Waals surface area contributed by atoms with E-state index in [9.17, 15) is 0 Å². The fraction of sp³-hybridized carbons (Fsp3) is 0.706. The summed E-state index contributed by atoms with van der Waals surface area (Å²) in [6.45, 7) is 2.35. The highest BCUT2D eigenvalue weighted by Gasteiger charge is 2.49. The molecule has 4 bridgehead atoms. The van der Waals surface area contributed by atoms with Crippen molar-refractivity contribution < 1.29 is 0 Å². The highest BCUT2D eigenvalue weighted by Crippen LogP contribution is 2.57. The molecule has 0 spiro atoms. The fourth-order valence-corrected chi connectivity index (χ4v) is 5.64. The summed E-state index contributed by atoms with van der Waals surface area (Å²) < 4.78 is 0. The minimum Gasteiger partial charge on any atom is -0.399 e. The second-order valence-electron chi connectivity index (χ2n) is 7.42. The van der Waals surface area contributed by atoms with E-state index in [1.165, 1.54) is 32.1 Å². The van der Waals surface area contributed by atoms with E-state index >= 15 is 0 Å². The number of nitrogens with zero attached hydrogens (tertiary/aromatic N) is 1.